The van der Waals surface area contributed by atoms with Crippen molar-refractivity contribution in [3.05, 3.63) is 18.3 Å². The van der Waals surface area contributed by atoms with E-state index in [4.69, 9.17) is 9.47 Å². The Kier molecular flexibility index (Phi) is 1.42. The van der Waals surface area contributed by atoms with Crippen molar-refractivity contribution in [2.24, 2.45) is 0 Å². The van der Waals surface area contributed by atoms with Gasteiger partial charge in [-0.2, -0.15) is 0 Å². The van der Waals surface area contributed by atoms with Crippen molar-refractivity contribution in [2.75, 3.05) is 6.61 Å². The molecular formula is C8H9NO2. The molecule has 0 aromatic carbocycles. The van der Waals surface area contributed by atoms with Crippen molar-refractivity contribution in [1.29, 1.82) is 0 Å². The molecule has 58 valence electrons. The van der Waals surface area contributed by atoms with Gasteiger partial charge in [-0.05, 0) is 19.1 Å². The van der Waals surface area contributed by atoms with Crippen molar-refractivity contribution in [3.63, 3.8) is 0 Å². The summed E-state index contributed by atoms with van der Waals surface area (Å²) in [6, 6.07) is 3.69. The molecule has 3 nitrogen and oxygen atoms in total. The van der Waals surface area contributed by atoms with Gasteiger partial charge in [0, 0.05) is 6.20 Å². The molecule has 0 unspecified atom stereocenters. The lowest BCUT2D eigenvalue weighted by Gasteiger charge is -2.22. The fraction of sp³-hybridized carbons (Fsp3) is 0.375. The monoisotopic (exact) mass is 151 g/mol. The average Bonchev–Trinajstić information content (AvgIpc) is 2.04. The SMILES string of the molecule is C[C@H]1COc2cccnc2O1. The molecule has 0 N–H and O–H groups in total. The third-order valence-corrected chi connectivity index (χ3v) is 1.52. The van der Waals surface area contributed by atoms with Gasteiger partial charge in [-0.15, -0.1) is 0 Å². The molecule has 2 heterocycles. The summed E-state index contributed by atoms with van der Waals surface area (Å²) in [5.41, 5.74) is 0. The lowest BCUT2D eigenvalue weighted by atomic mass is 10.3. The number of hydrogen-bond donors (Lipinski definition) is 0. The first-order valence-electron chi connectivity index (χ1n) is 3.61. The molecule has 0 radical (unpaired) electrons. The second kappa shape index (κ2) is 2.42. The molecule has 1 atom stereocenters. The molecular weight excluding hydrogens is 142 g/mol. The first-order valence-corrected chi connectivity index (χ1v) is 3.61. The summed E-state index contributed by atoms with van der Waals surface area (Å²) >= 11 is 0. The molecule has 0 aliphatic carbocycles. The largest absolute Gasteiger partial charge is 0.484 e. The normalized spacial score (nSPS) is 21.4. The van der Waals surface area contributed by atoms with Crippen molar-refractivity contribution < 1.29 is 9.47 Å². The van der Waals surface area contributed by atoms with Gasteiger partial charge in [-0.3, -0.25) is 0 Å². The van der Waals surface area contributed by atoms with Crippen molar-refractivity contribution >= 4 is 0 Å². The van der Waals surface area contributed by atoms with Gasteiger partial charge in [-0.1, -0.05) is 0 Å². The lowest BCUT2D eigenvalue weighted by Crippen LogP contribution is -2.26. The molecule has 0 bridgehead atoms. The van der Waals surface area contributed by atoms with Gasteiger partial charge in [0.1, 0.15) is 12.7 Å². The number of hydrogen-bond acceptors (Lipinski definition) is 3. The lowest BCUT2D eigenvalue weighted by molar-refractivity contribution is 0.0978. The Morgan fingerprint density at radius 2 is 2.55 bits per heavy atom. The molecule has 2 rings (SSSR count). The van der Waals surface area contributed by atoms with Gasteiger partial charge >= 0.3 is 0 Å². The third-order valence-electron chi connectivity index (χ3n) is 1.52. The second-order valence-electron chi connectivity index (χ2n) is 2.55. The van der Waals surface area contributed by atoms with E-state index in [1.165, 1.54) is 0 Å². The van der Waals surface area contributed by atoms with E-state index in [0.29, 0.717) is 12.5 Å². The van der Waals surface area contributed by atoms with Crippen LogP contribution >= 0.6 is 0 Å². The molecule has 3 heteroatoms. The van der Waals surface area contributed by atoms with Crippen LogP contribution in [0, 0.1) is 0 Å². The fourth-order valence-electron chi connectivity index (χ4n) is 1.01. The standard InChI is InChI=1S/C8H9NO2/c1-6-5-10-7-3-2-4-9-8(7)11-6/h2-4,6H,5H2,1H3/t6-/m0/s1. The van der Waals surface area contributed by atoms with Crippen LogP contribution in [-0.2, 0) is 0 Å². The predicted molar refractivity (Wildman–Crippen MR) is 39.8 cm³/mol. The molecule has 0 fully saturated rings. The van der Waals surface area contributed by atoms with Crippen molar-refractivity contribution in [2.45, 2.75) is 13.0 Å². The number of fused-ring (bicyclic) bond motifs is 1. The van der Waals surface area contributed by atoms with E-state index < -0.39 is 0 Å². The maximum Gasteiger partial charge on any atom is 0.257 e. The molecule has 1 aliphatic heterocycles. The van der Waals surface area contributed by atoms with Crippen LogP contribution in [0.5, 0.6) is 11.6 Å². The Hall–Kier alpha value is -1.25. The summed E-state index contributed by atoms with van der Waals surface area (Å²) in [7, 11) is 0. The van der Waals surface area contributed by atoms with Crippen LogP contribution in [0.2, 0.25) is 0 Å². The number of pyridine rings is 1. The summed E-state index contributed by atoms with van der Waals surface area (Å²) < 4.78 is 10.7. The zero-order chi connectivity index (χ0) is 7.68. The Morgan fingerprint density at radius 1 is 1.64 bits per heavy atom. The van der Waals surface area contributed by atoms with Crippen LogP contribution in [0.3, 0.4) is 0 Å². The summed E-state index contributed by atoms with van der Waals surface area (Å²) in [5, 5.41) is 0. The van der Waals surface area contributed by atoms with E-state index in [9.17, 15) is 0 Å². The maximum atomic E-state index is 5.40. The van der Waals surface area contributed by atoms with Crippen molar-refractivity contribution in [1.82, 2.24) is 4.98 Å². The minimum absolute atomic E-state index is 0.109. The highest BCUT2D eigenvalue weighted by atomic mass is 16.6. The topological polar surface area (TPSA) is 31.4 Å². The zero-order valence-electron chi connectivity index (χ0n) is 6.28. The van der Waals surface area contributed by atoms with Crippen LogP contribution in [0.1, 0.15) is 6.92 Å². The van der Waals surface area contributed by atoms with Crippen LogP contribution in [0.25, 0.3) is 0 Å². The number of nitrogens with zero attached hydrogens (tertiary/aromatic N) is 1. The van der Waals surface area contributed by atoms with Gasteiger partial charge in [0.2, 0.25) is 0 Å². The summed E-state index contributed by atoms with van der Waals surface area (Å²) in [6.45, 7) is 2.57. The van der Waals surface area contributed by atoms with E-state index in [1.54, 1.807) is 6.20 Å². The first kappa shape index (κ1) is 6.46. The molecule has 1 aromatic rings. The number of rotatable bonds is 0. The van der Waals surface area contributed by atoms with E-state index >= 15 is 0 Å². The quantitative estimate of drug-likeness (QED) is 0.559. The van der Waals surface area contributed by atoms with E-state index in [0.717, 1.165) is 5.75 Å². The van der Waals surface area contributed by atoms with E-state index in [2.05, 4.69) is 4.98 Å². The summed E-state index contributed by atoms with van der Waals surface area (Å²) in [5.74, 6) is 1.34. The van der Waals surface area contributed by atoms with Gasteiger partial charge < -0.3 is 9.47 Å². The second-order valence-corrected chi connectivity index (χ2v) is 2.55. The minimum atomic E-state index is 0.109. The van der Waals surface area contributed by atoms with Gasteiger partial charge in [0.05, 0.1) is 0 Å². The Morgan fingerprint density at radius 3 is 3.45 bits per heavy atom. The van der Waals surface area contributed by atoms with Gasteiger partial charge in [0.25, 0.3) is 5.88 Å². The van der Waals surface area contributed by atoms with Crippen LogP contribution in [-0.4, -0.2) is 17.7 Å². The molecule has 1 aromatic heterocycles. The van der Waals surface area contributed by atoms with E-state index in [1.807, 2.05) is 19.1 Å². The average molecular weight is 151 g/mol. The molecule has 11 heavy (non-hydrogen) atoms. The van der Waals surface area contributed by atoms with Gasteiger partial charge in [-0.25, -0.2) is 4.98 Å². The highest BCUT2D eigenvalue weighted by molar-refractivity contribution is 5.33. The maximum absolute atomic E-state index is 5.40. The van der Waals surface area contributed by atoms with Gasteiger partial charge in [0.15, 0.2) is 5.75 Å². The smallest absolute Gasteiger partial charge is 0.257 e. The summed E-state index contributed by atoms with van der Waals surface area (Å²) in [6.07, 6.45) is 1.80. The van der Waals surface area contributed by atoms with E-state index in [-0.39, 0.29) is 6.10 Å². The van der Waals surface area contributed by atoms with Crippen molar-refractivity contribution in [3.8, 4) is 11.6 Å². The zero-order valence-corrected chi connectivity index (χ0v) is 6.28. The Bertz CT molecular complexity index is 262. The third kappa shape index (κ3) is 1.13. The molecule has 0 saturated carbocycles. The number of aromatic nitrogens is 1. The van der Waals surface area contributed by atoms with Crippen LogP contribution in [0.15, 0.2) is 18.3 Å². The molecule has 0 amide bonds. The Labute approximate surface area is 65.0 Å². The summed E-state index contributed by atoms with van der Waals surface area (Å²) in [4.78, 5) is 4.02. The fourth-order valence-corrected chi connectivity index (χ4v) is 1.01. The highest BCUT2D eigenvalue weighted by Crippen LogP contribution is 2.27. The predicted octanol–water partition coefficient (Wildman–Crippen LogP) is 1.24. The van der Waals surface area contributed by atoms with Crippen LogP contribution in [0.4, 0.5) is 0 Å². The molecule has 1 aliphatic rings. The molecule has 0 spiro atoms. The minimum Gasteiger partial charge on any atom is -0.484 e. The molecule has 0 saturated heterocycles. The van der Waals surface area contributed by atoms with Crippen LogP contribution < -0.4 is 9.47 Å². The number of ether oxygens (including phenoxy) is 2. The highest BCUT2D eigenvalue weighted by Gasteiger charge is 2.16. The first-order chi connectivity index (χ1) is 5.36. The Balaban J connectivity index is 2.34.